The average molecular weight is 232 g/mol. The Morgan fingerprint density at radius 3 is 3.00 bits per heavy atom. The summed E-state index contributed by atoms with van der Waals surface area (Å²) in [4.78, 5) is 13.5. The fourth-order valence-electron chi connectivity index (χ4n) is 1.63. The first-order valence-electron chi connectivity index (χ1n) is 5.28. The molecule has 0 bridgehead atoms. The summed E-state index contributed by atoms with van der Waals surface area (Å²) in [5.41, 5.74) is 1.29. The minimum absolute atomic E-state index is 0.211. The van der Waals surface area contributed by atoms with E-state index in [1.54, 1.807) is 7.11 Å². The minimum Gasteiger partial charge on any atom is -0.380 e. The molecule has 0 aromatic heterocycles. The fraction of sp³-hybridized carbons (Fsp3) is 0.727. The molecule has 3 nitrogen and oxygen atoms in total. The van der Waals surface area contributed by atoms with Crippen molar-refractivity contribution in [2.45, 2.75) is 19.3 Å². The Bertz CT molecular complexity index is 241. The Morgan fingerprint density at radius 1 is 1.67 bits per heavy atom. The molecule has 1 aliphatic heterocycles. The van der Waals surface area contributed by atoms with E-state index in [-0.39, 0.29) is 5.91 Å². The van der Waals surface area contributed by atoms with Crippen LogP contribution in [0.2, 0.25) is 0 Å². The number of halogens is 1. The van der Waals surface area contributed by atoms with Crippen LogP contribution < -0.4 is 0 Å². The fourth-order valence-corrected chi connectivity index (χ4v) is 1.76. The molecule has 0 aromatic rings. The van der Waals surface area contributed by atoms with E-state index in [9.17, 15) is 4.79 Å². The molecule has 1 heterocycles. The number of hydrogen-bond donors (Lipinski definition) is 0. The van der Waals surface area contributed by atoms with Gasteiger partial charge in [-0.2, -0.15) is 0 Å². The van der Waals surface area contributed by atoms with Gasteiger partial charge in [0.2, 0.25) is 5.91 Å². The van der Waals surface area contributed by atoms with Gasteiger partial charge in [0.25, 0.3) is 0 Å². The number of nitrogens with zero attached hydrogens (tertiary/aromatic N) is 1. The molecule has 0 atom stereocenters. The van der Waals surface area contributed by atoms with E-state index in [0.29, 0.717) is 18.9 Å². The maximum absolute atomic E-state index is 11.6. The van der Waals surface area contributed by atoms with Gasteiger partial charge in [0.05, 0.1) is 6.61 Å². The van der Waals surface area contributed by atoms with Gasteiger partial charge in [0.15, 0.2) is 0 Å². The van der Waals surface area contributed by atoms with Gasteiger partial charge in [-0.25, -0.2) is 0 Å². The summed E-state index contributed by atoms with van der Waals surface area (Å²) in [6, 6.07) is 0. The molecule has 0 N–H and O–H groups in total. The number of carbonyl (C=O) groups is 1. The molecule has 0 aliphatic carbocycles. The zero-order chi connectivity index (χ0) is 11.1. The van der Waals surface area contributed by atoms with Crippen molar-refractivity contribution in [3.05, 3.63) is 11.6 Å². The predicted octanol–water partition coefficient (Wildman–Crippen LogP) is 1.81. The Morgan fingerprint density at radius 2 is 2.47 bits per heavy atom. The maximum atomic E-state index is 11.6. The van der Waals surface area contributed by atoms with Crippen molar-refractivity contribution in [1.82, 2.24) is 4.90 Å². The van der Waals surface area contributed by atoms with Gasteiger partial charge in [-0.3, -0.25) is 4.79 Å². The molecule has 15 heavy (non-hydrogen) atoms. The number of amides is 1. The first-order chi connectivity index (χ1) is 7.27. The largest absolute Gasteiger partial charge is 0.380 e. The third kappa shape index (κ3) is 4.22. The Balaban J connectivity index is 2.32. The van der Waals surface area contributed by atoms with E-state index in [2.05, 4.69) is 6.08 Å². The van der Waals surface area contributed by atoms with Crippen molar-refractivity contribution >= 4 is 17.5 Å². The van der Waals surface area contributed by atoms with Gasteiger partial charge in [0, 0.05) is 32.5 Å². The molecule has 0 radical (unpaired) electrons. The lowest BCUT2D eigenvalue weighted by Crippen LogP contribution is -2.35. The number of hydrogen-bond acceptors (Lipinski definition) is 2. The molecular formula is C11H18ClNO2. The smallest absolute Gasteiger partial charge is 0.222 e. The van der Waals surface area contributed by atoms with E-state index < -0.39 is 0 Å². The third-order valence-corrected chi connectivity index (χ3v) is 2.78. The van der Waals surface area contributed by atoms with Crippen molar-refractivity contribution in [2.24, 2.45) is 0 Å². The summed E-state index contributed by atoms with van der Waals surface area (Å²) < 4.78 is 5.05. The molecule has 0 fully saturated rings. The maximum Gasteiger partial charge on any atom is 0.222 e. The van der Waals surface area contributed by atoms with Crippen LogP contribution in [0.3, 0.4) is 0 Å². The summed E-state index contributed by atoms with van der Waals surface area (Å²) in [7, 11) is 1.69. The SMILES string of the molecule is COCC1=CCN(C(=O)CCCCl)CC1. The monoisotopic (exact) mass is 231 g/mol. The lowest BCUT2D eigenvalue weighted by molar-refractivity contribution is -0.130. The summed E-state index contributed by atoms with van der Waals surface area (Å²) >= 11 is 5.55. The number of ether oxygens (including phenoxy) is 1. The van der Waals surface area contributed by atoms with Gasteiger partial charge < -0.3 is 9.64 Å². The van der Waals surface area contributed by atoms with Crippen molar-refractivity contribution in [2.75, 3.05) is 32.7 Å². The number of rotatable bonds is 5. The molecule has 0 unspecified atom stereocenters. The summed E-state index contributed by atoms with van der Waals surface area (Å²) in [5, 5.41) is 0. The van der Waals surface area contributed by atoms with Gasteiger partial charge in [-0.15, -0.1) is 11.6 Å². The van der Waals surface area contributed by atoms with Gasteiger partial charge in [-0.1, -0.05) is 6.08 Å². The zero-order valence-electron chi connectivity index (χ0n) is 9.17. The third-order valence-electron chi connectivity index (χ3n) is 2.51. The van der Waals surface area contributed by atoms with E-state index >= 15 is 0 Å². The van der Waals surface area contributed by atoms with Crippen LogP contribution in [0.5, 0.6) is 0 Å². The van der Waals surface area contributed by atoms with E-state index in [4.69, 9.17) is 16.3 Å². The van der Waals surface area contributed by atoms with Crippen molar-refractivity contribution in [3.8, 4) is 0 Å². The van der Waals surface area contributed by atoms with Crippen molar-refractivity contribution in [3.63, 3.8) is 0 Å². The van der Waals surface area contributed by atoms with Crippen LogP contribution >= 0.6 is 11.6 Å². The molecule has 0 saturated carbocycles. The standard InChI is InChI=1S/C11H18ClNO2/c1-15-9-10-4-7-13(8-5-10)11(14)3-2-6-12/h4H,2-3,5-9H2,1H3. The van der Waals surface area contributed by atoms with E-state index in [1.807, 2.05) is 4.90 Å². The van der Waals surface area contributed by atoms with Gasteiger partial charge in [0.1, 0.15) is 0 Å². The first-order valence-corrected chi connectivity index (χ1v) is 5.82. The topological polar surface area (TPSA) is 29.5 Å². The number of alkyl halides is 1. The molecule has 0 saturated heterocycles. The molecule has 4 heteroatoms. The highest BCUT2D eigenvalue weighted by Crippen LogP contribution is 2.12. The molecule has 0 aromatic carbocycles. The van der Waals surface area contributed by atoms with E-state index in [0.717, 1.165) is 25.9 Å². The van der Waals surface area contributed by atoms with Crippen LogP contribution in [0, 0.1) is 0 Å². The lowest BCUT2D eigenvalue weighted by Gasteiger charge is -2.26. The van der Waals surface area contributed by atoms with Crippen molar-refractivity contribution in [1.29, 1.82) is 0 Å². The zero-order valence-corrected chi connectivity index (χ0v) is 9.92. The first kappa shape index (κ1) is 12.5. The van der Waals surface area contributed by atoms with Crippen LogP contribution in [0.1, 0.15) is 19.3 Å². The van der Waals surface area contributed by atoms with Crippen LogP contribution in [-0.4, -0.2) is 43.5 Å². The summed E-state index contributed by atoms with van der Waals surface area (Å²) in [5.74, 6) is 0.771. The Kier molecular flexibility index (Phi) is 5.73. The second-order valence-corrected chi connectivity index (χ2v) is 4.06. The molecule has 1 rings (SSSR count). The molecular weight excluding hydrogens is 214 g/mol. The number of carbonyl (C=O) groups excluding carboxylic acids is 1. The Labute approximate surface area is 96.0 Å². The lowest BCUT2D eigenvalue weighted by atomic mass is 10.1. The van der Waals surface area contributed by atoms with Gasteiger partial charge in [-0.05, 0) is 18.4 Å². The second kappa shape index (κ2) is 6.85. The van der Waals surface area contributed by atoms with Crippen LogP contribution in [-0.2, 0) is 9.53 Å². The minimum atomic E-state index is 0.211. The number of methoxy groups -OCH3 is 1. The quantitative estimate of drug-likeness (QED) is 0.534. The highest BCUT2D eigenvalue weighted by molar-refractivity contribution is 6.17. The van der Waals surface area contributed by atoms with Crippen molar-refractivity contribution < 1.29 is 9.53 Å². The molecule has 1 aliphatic rings. The van der Waals surface area contributed by atoms with Crippen LogP contribution in [0.15, 0.2) is 11.6 Å². The highest BCUT2D eigenvalue weighted by atomic mass is 35.5. The Hall–Kier alpha value is -0.540. The average Bonchev–Trinajstić information content (AvgIpc) is 2.27. The van der Waals surface area contributed by atoms with E-state index in [1.165, 1.54) is 5.57 Å². The summed E-state index contributed by atoms with van der Waals surface area (Å²) in [6.07, 6.45) is 4.36. The van der Waals surface area contributed by atoms with Crippen LogP contribution in [0.4, 0.5) is 0 Å². The molecule has 0 spiro atoms. The van der Waals surface area contributed by atoms with Gasteiger partial charge >= 0.3 is 0 Å². The highest BCUT2D eigenvalue weighted by Gasteiger charge is 2.16. The normalized spacial score (nSPS) is 16.4. The second-order valence-electron chi connectivity index (χ2n) is 3.68. The summed E-state index contributed by atoms with van der Waals surface area (Å²) in [6.45, 7) is 2.22. The molecule has 1 amide bonds. The molecule has 86 valence electrons. The van der Waals surface area contributed by atoms with Crippen LogP contribution in [0.25, 0.3) is 0 Å². The predicted molar refractivity (Wildman–Crippen MR) is 61.1 cm³/mol.